The first-order valence-corrected chi connectivity index (χ1v) is 10.8. The Morgan fingerprint density at radius 2 is 1.79 bits per heavy atom. The van der Waals surface area contributed by atoms with Gasteiger partial charge in [-0.05, 0) is 42.5 Å². The molecule has 0 atom stereocenters. The maximum absolute atomic E-state index is 12.4. The zero-order chi connectivity index (χ0) is 24.1. The Morgan fingerprint density at radius 1 is 1.09 bits per heavy atom. The fourth-order valence-corrected chi connectivity index (χ4v) is 3.84. The molecule has 0 radical (unpaired) electrons. The molecule has 1 amide bonds. The summed E-state index contributed by atoms with van der Waals surface area (Å²) in [5.41, 5.74) is 6.01. The monoisotopic (exact) mass is 483 g/mol. The van der Waals surface area contributed by atoms with Crippen molar-refractivity contribution in [1.82, 2.24) is 15.4 Å². The lowest BCUT2D eigenvalue weighted by molar-refractivity contribution is -0.383. The van der Waals surface area contributed by atoms with Crippen LogP contribution in [0.1, 0.15) is 10.4 Å². The van der Waals surface area contributed by atoms with Crippen molar-refractivity contribution in [3.05, 3.63) is 75.6 Å². The van der Waals surface area contributed by atoms with Crippen LogP contribution in [0.5, 0.6) is 5.75 Å². The summed E-state index contributed by atoms with van der Waals surface area (Å²) in [6, 6.07) is 14.1. The zero-order valence-corrected chi connectivity index (χ0v) is 19.0. The number of rotatable bonds is 7. The van der Waals surface area contributed by atoms with E-state index in [1.165, 1.54) is 12.4 Å². The molecule has 12 heteroatoms. The molecule has 0 spiro atoms. The van der Waals surface area contributed by atoms with Gasteiger partial charge in [0, 0.05) is 42.5 Å². The zero-order valence-electron chi connectivity index (χ0n) is 18.3. The van der Waals surface area contributed by atoms with Gasteiger partial charge in [0.15, 0.2) is 0 Å². The Morgan fingerprint density at radius 3 is 2.44 bits per heavy atom. The number of nitro groups is 1. The summed E-state index contributed by atoms with van der Waals surface area (Å²) in [4.78, 5) is 35.9. The predicted octanol–water partition coefficient (Wildman–Crippen LogP) is 3.13. The summed E-state index contributed by atoms with van der Waals surface area (Å²) in [5, 5.41) is 12.3. The molecule has 176 valence electrons. The fourth-order valence-electron chi connectivity index (χ4n) is 3.65. The molecule has 0 aliphatic carbocycles. The number of piperazine rings is 1. The second-order valence-corrected chi connectivity index (χ2v) is 7.85. The Bertz CT molecular complexity index is 1180. The summed E-state index contributed by atoms with van der Waals surface area (Å²) in [6.45, 7) is 2.36. The van der Waals surface area contributed by atoms with Crippen LogP contribution >= 0.6 is 11.6 Å². The van der Waals surface area contributed by atoms with Gasteiger partial charge >= 0.3 is 5.69 Å². The maximum atomic E-state index is 12.4. The Balaban J connectivity index is 1.46. The van der Waals surface area contributed by atoms with E-state index in [4.69, 9.17) is 16.3 Å². The van der Waals surface area contributed by atoms with E-state index in [2.05, 4.69) is 25.7 Å². The van der Waals surface area contributed by atoms with Gasteiger partial charge < -0.3 is 14.5 Å². The maximum Gasteiger partial charge on any atom is 0.355 e. The lowest BCUT2D eigenvalue weighted by Crippen LogP contribution is -2.47. The van der Waals surface area contributed by atoms with Gasteiger partial charge in [0.05, 0.1) is 12.0 Å². The fraction of sp³-hybridized carbons (Fsp3) is 0.227. The van der Waals surface area contributed by atoms with Crippen LogP contribution in [0.15, 0.2) is 54.9 Å². The standard InChI is InChI=1S/C22H22ClN7O4/c1-34-18-7-5-17(6-8-18)28-9-11-29(12-10-28)21-19(30(32)33)20(24-14-25-21)26-27-22(31)15-3-2-4-16(23)13-15/h2-8,13-14H,9-12H2,1H3,(H,27,31)(H,24,25,26). The Labute approximate surface area is 200 Å². The topological polar surface area (TPSA) is 126 Å². The van der Waals surface area contributed by atoms with Gasteiger partial charge in [-0.15, -0.1) is 0 Å². The molecule has 1 aliphatic rings. The van der Waals surface area contributed by atoms with Crippen molar-refractivity contribution in [3.8, 4) is 5.75 Å². The van der Waals surface area contributed by atoms with E-state index in [1.807, 2.05) is 29.2 Å². The third-order valence-electron chi connectivity index (χ3n) is 5.38. The van der Waals surface area contributed by atoms with Crippen molar-refractivity contribution in [3.63, 3.8) is 0 Å². The van der Waals surface area contributed by atoms with E-state index in [0.717, 1.165) is 11.4 Å². The quantitative estimate of drug-likeness (QED) is 0.385. The number of carbonyl (C=O) groups is 1. The van der Waals surface area contributed by atoms with Gasteiger partial charge in [0.1, 0.15) is 12.1 Å². The molecule has 2 N–H and O–H groups in total. The number of ether oxygens (including phenoxy) is 1. The highest BCUT2D eigenvalue weighted by atomic mass is 35.5. The lowest BCUT2D eigenvalue weighted by Gasteiger charge is -2.36. The average Bonchev–Trinajstić information content (AvgIpc) is 2.87. The summed E-state index contributed by atoms with van der Waals surface area (Å²) < 4.78 is 5.20. The molecule has 2 heterocycles. The number of halogens is 1. The molecular formula is C22H22ClN7O4. The second kappa shape index (κ2) is 10.2. The molecule has 11 nitrogen and oxygen atoms in total. The van der Waals surface area contributed by atoms with Crippen molar-refractivity contribution < 1.29 is 14.5 Å². The molecule has 34 heavy (non-hydrogen) atoms. The van der Waals surface area contributed by atoms with Crippen molar-refractivity contribution in [2.75, 3.05) is 48.5 Å². The van der Waals surface area contributed by atoms with E-state index in [1.54, 1.807) is 25.3 Å². The van der Waals surface area contributed by atoms with Crippen LogP contribution in [0.25, 0.3) is 0 Å². The second-order valence-electron chi connectivity index (χ2n) is 7.41. The van der Waals surface area contributed by atoms with Crippen molar-refractivity contribution in [2.24, 2.45) is 0 Å². The van der Waals surface area contributed by atoms with Crippen molar-refractivity contribution in [2.45, 2.75) is 0 Å². The molecule has 1 fully saturated rings. The Hall–Kier alpha value is -4.12. The highest BCUT2D eigenvalue weighted by molar-refractivity contribution is 6.30. The highest BCUT2D eigenvalue weighted by Gasteiger charge is 2.29. The number of nitrogens with zero attached hydrogens (tertiary/aromatic N) is 5. The van der Waals surface area contributed by atoms with Crippen LogP contribution in [0.4, 0.5) is 23.0 Å². The number of methoxy groups -OCH3 is 1. The number of aromatic nitrogens is 2. The molecule has 0 bridgehead atoms. The summed E-state index contributed by atoms with van der Waals surface area (Å²) >= 11 is 5.92. The van der Waals surface area contributed by atoms with E-state index in [-0.39, 0.29) is 17.3 Å². The van der Waals surface area contributed by atoms with Crippen LogP contribution in [-0.2, 0) is 0 Å². The van der Waals surface area contributed by atoms with E-state index >= 15 is 0 Å². The first-order valence-electron chi connectivity index (χ1n) is 10.4. The number of nitrogens with one attached hydrogen (secondary N) is 2. The number of amides is 1. The normalized spacial score (nSPS) is 13.4. The van der Waals surface area contributed by atoms with E-state index in [0.29, 0.717) is 36.8 Å². The first-order chi connectivity index (χ1) is 16.5. The third kappa shape index (κ3) is 5.09. The molecule has 3 aromatic rings. The van der Waals surface area contributed by atoms with Crippen LogP contribution in [-0.4, -0.2) is 54.1 Å². The molecule has 0 saturated carbocycles. The van der Waals surface area contributed by atoms with Gasteiger partial charge in [-0.2, -0.15) is 0 Å². The summed E-state index contributed by atoms with van der Waals surface area (Å²) in [7, 11) is 1.62. The minimum atomic E-state index is -0.556. The number of anilines is 3. The highest BCUT2D eigenvalue weighted by Crippen LogP contribution is 2.32. The Kier molecular flexibility index (Phi) is 6.93. The number of hydrogen-bond acceptors (Lipinski definition) is 9. The average molecular weight is 484 g/mol. The van der Waals surface area contributed by atoms with Crippen LogP contribution in [0, 0.1) is 10.1 Å². The molecule has 0 unspecified atom stereocenters. The van der Waals surface area contributed by atoms with E-state index in [9.17, 15) is 14.9 Å². The van der Waals surface area contributed by atoms with Crippen LogP contribution < -0.4 is 25.4 Å². The molecular weight excluding hydrogens is 462 g/mol. The smallest absolute Gasteiger partial charge is 0.355 e. The SMILES string of the molecule is COc1ccc(N2CCN(c3ncnc(NNC(=O)c4cccc(Cl)c4)c3[N+](=O)[O-])CC2)cc1. The van der Waals surface area contributed by atoms with Gasteiger partial charge in [-0.25, -0.2) is 9.97 Å². The van der Waals surface area contributed by atoms with Gasteiger partial charge in [0.25, 0.3) is 5.91 Å². The van der Waals surface area contributed by atoms with Gasteiger partial charge in [-0.1, -0.05) is 17.7 Å². The number of benzene rings is 2. The van der Waals surface area contributed by atoms with Crippen molar-refractivity contribution >= 4 is 40.5 Å². The molecule has 2 aromatic carbocycles. The first kappa shape index (κ1) is 23.1. The third-order valence-corrected chi connectivity index (χ3v) is 5.62. The van der Waals surface area contributed by atoms with Crippen molar-refractivity contribution in [1.29, 1.82) is 0 Å². The van der Waals surface area contributed by atoms with Gasteiger partial charge in [-0.3, -0.25) is 25.8 Å². The van der Waals surface area contributed by atoms with E-state index < -0.39 is 10.8 Å². The molecule has 1 aromatic heterocycles. The number of carbonyl (C=O) groups excluding carboxylic acids is 1. The summed E-state index contributed by atoms with van der Waals surface area (Å²) in [6.07, 6.45) is 1.23. The number of hydrazine groups is 1. The molecule has 4 rings (SSSR count). The van der Waals surface area contributed by atoms with Gasteiger partial charge in [0.2, 0.25) is 11.6 Å². The molecule has 1 aliphatic heterocycles. The predicted molar refractivity (Wildman–Crippen MR) is 129 cm³/mol. The summed E-state index contributed by atoms with van der Waals surface area (Å²) in [5.74, 6) is 0.350. The minimum Gasteiger partial charge on any atom is -0.497 e. The number of hydrogen-bond donors (Lipinski definition) is 2. The van der Waals surface area contributed by atoms with Crippen LogP contribution in [0.2, 0.25) is 5.02 Å². The largest absolute Gasteiger partial charge is 0.497 e. The minimum absolute atomic E-state index is 0.108. The van der Waals surface area contributed by atoms with Crippen LogP contribution in [0.3, 0.4) is 0 Å². The molecule has 1 saturated heterocycles. The lowest BCUT2D eigenvalue weighted by atomic mass is 10.2.